The molecule has 104 valence electrons. The summed E-state index contributed by atoms with van der Waals surface area (Å²) in [5.74, 6) is 2.28. The first kappa shape index (κ1) is 13.5. The van der Waals surface area contributed by atoms with Gasteiger partial charge in [0.1, 0.15) is 5.75 Å². The molecule has 3 rings (SSSR count). The molecule has 1 unspecified atom stereocenters. The van der Waals surface area contributed by atoms with Gasteiger partial charge in [-0.1, -0.05) is 36.4 Å². The smallest absolute Gasteiger partial charge is 0.125 e. The topological polar surface area (TPSA) is 29.5 Å². The largest absolute Gasteiger partial charge is 0.493 e. The maximum absolute atomic E-state index is 9.77. The van der Waals surface area contributed by atoms with Crippen LogP contribution in [0.2, 0.25) is 0 Å². The van der Waals surface area contributed by atoms with Gasteiger partial charge in [0.25, 0.3) is 0 Å². The van der Waals surface area contributed by atoms with Crippen molar-refractivity contribution >= 4 is 11.8 Å². The molecule has 0 radical (unpaired) electrons. The highest BCUT2D eigenvalue weighted by Crippen LogP contribution is 2.39. The minimum Gasteiger partial charge on any atom is -0.493 e. The number of para-hydroxylation sites is 1. The van der Waals surface area contributed by atoms with Crippen LogP contribution in [-0.4, -0.2) is 17.5 Å². The molecule has 1 N–H and O–H groups in total. The second-order valence-corrected chi connectivity index (χ2v) is 6.13. The van der Waals surface area contributed by atoms with Gasteiger partial charge in [-0.2, -0.15) is 0 Å². The molecule has 0 aromatic heterocycles. The van der Waals surface area contributed by atoms with Gasteiger partial charge in [0.2, 0.25) is 0 Å². The van der Waals surface area contributed by atoms with Gasteiger partial charge in [0.05, 0.1) is 12.7 Å². The normalized spacial score (nSPS) is 18.6. The fourth-order valence-corrected chi connectivity index (χ4v) is 3.75. The molecule has 0 spiro atoms. The van der Waals surface area contributed by atoms with Crippen LogP contribution in [0.4, 0.5) is 0 Å². The molecule has 1 aliphatic heterocycles. The molecule has 1 aliphatic rings. The Balaban J connectivity index is 1.72. The van der Waals surface area contributed by atoms with E-state index < -0.39 is 6.10 Å². The number of aliphatic hydroxyl groups excluding tert-OH is 1. The third kappa shape index (κ3) is 2.69. The van der Waals surface area contributed by atoms with Crippen molar-refractivity contribution in [1.82, 2.24) is 0 Å². The average molecular weight is 286 g/mol. The van der Waals surface area contributed by atoms with Gasteiger partial charge in [-0.15, -0.1) is 11.8 Å². The molecule has 2 aromatic carbocycles. The van der Waals surface area contributed by atoms with Gasteiger partial charge >= 0.3 is 0 Å². The summed E-state index contributed by atoms with van der Waals surface area (Å²) in [6.45, 7) is 2.43. The Bertz CT molecular complexity index is 595. The van der Waals surface area contributed by atoms with E-state index in [-0.39, 0.29) is 0 Å². The number of hydrogen-bond donors (Lipinski definition) is 1. The molecule has 0 saturated carbocycles. The van der Waals surface area contributed by atoms with E-state index in [2.05, 4.69) is 24.3 Å². The number of benzene rings is 2. The fraction of sp³-hybridized carbons (Fsp3) is 0.294. The molecule has 20 heavy (non-hydrogen) atoms. The van der Waals surface area contributed by atoms with Gasteiger partial charge in [-0.05, 0) is 24.6 Å². The maximum atomic E-state index is 9.77. The summed E-state index contributed by atoms with van der Waals surface area (Å²) in [6.07, 6.45) is -0.503. The Kier molecular flexibility index (Phi) is 3.99. The maximum Gasteiger partial charge on any atom is 0.125 e. The zero-order valence-electron chi connectivity index (χ0n) is 11.5. The van der Waals surface area contributed by atoms with Gasteiger partial charge < -0.3 is 9.84 Å². The van der Waals surface area contributed by atoms with E-state index in [1.54, 1.807) is 6.92 Å². The highest BCUT2D eigenvalue weighted by molar-refractivity contribution is 7.99. The van der Waals surface area contributed by atoms with E-state index in [4.69, 9.17) is 4.74 Å². The van der Waals surface area contributed by atoms with E-state index in [9.17, 15) is 5.11 Å². The number of aliphatic hydroxyl groups is 1. The number of thioether (sulfide) groups is 1. The van der Waals surface area contributed by atoms with Gasteiger partial charge in [0, 0.05) is 22.1 Å². The minimum atomic E-state index is -0.503. The van der Waals surface area contributed by atoms with Crippen LogP contribution in [0.5, 0.6) is 5.75 Å². The molecular weight excluding hydrogens is 268 g/mol. The number of fused-ring (bicyclic) bond motifs is 1. The Labute approximate surface area is 123 Å². The lowest BCUT2D eigenvalue weighted by molar-refractivity contribution is 0.190. The molecule has 2 atom stereocenters. The lowest BCUT2D eigenvalue weighted by Gasteiger charge is -2.16. The van der Waals surface area contributed by atoms with Crippen LogP contribution in [0.25, 0.3) is 0 Å². The van der Waals surface area contributed by atoms with Gasteiger partial charge in [-0.25, -0.2) is 0 Å². The van der Waals surface area contributed by atoms with Crippen LogP contribution < -0.4 is 4.74 Å². The monoisotopic (exact) mass is 286 g/mol. The van der Waals surface area contributed by atoms with E-state index in [0.29, 0.717) is 12.5 Å². The second kappa shape index (κ2) is 5.90. The summed E-state index contributed by atoms with van der Waals surface area (Å²) in [7, 11) is 0. The van der Waals surface area contributed by atoms with E-state index >= 15 is 0 Å². The minimum absolute atomic E-state index is 0.429. The molecule has 0 fully saturated rings. The number of rotatable bonds is 4. The highest BCUT2D eigenvalue weighted by atomic mass is 32.2. The Hall–Kier alpha value is -1.45. The fourth-order valence-electron chi connectivity index (χ4n) is 2.51. The van der Waals surface area contributed by atoms with E-state index in [0.717, 1.165) is 17.1 Å². The Morgan fingerprint density at radius 2 is 1.95 bits per heavy atom. The number of ether oxygens (including phenoxy) is 1. The molecule has 2 nitrogen and oxygen atoms in total. The Morgan fingerprint density at radius 3 is 2.80 bits per heavy atom. The van der Waals surface area contributed by atoms with Gasteiger partial charge in [0.15, 0.2) is 0 Å². The molecule has 0 saturated heterocycles. The zero-order valence-corrected chi connectivity index (χ0v) is 12.3. The first-order valence-electron chi connectivity index (χ1n) is 6.87. The van der Waals surface area contributed by atoms with Crippen LogP contribution in [0, 0.1) is 0 Å². The van der Waals surface area contributed by atoms with Crippen LogP contribution >= 0.6 is 11.8 Å². The van der Waals surface area contributed by atoms with Crippen LogP contribution in [0.3, 0.4) is 0 Å². The number of hydrogen-bond acceptors (Lipinski definition) is 3. The second-order valence-electron chi connectivity index (χ2n) is 5.07. The summed E-state index contributed by atoms with van der Waals surface area (Å²) in [5, 5.41) is 9.77. The summed E-state index contributed by atoms with van der Waals surface area (Å²) in [6, 6.07) is 16.2. The third-order valence-corrected chi connectivity index (χ3v) is 4.86. The molecular formula is C17H18O2S. The predicted octanol–water partition coefficient (Wildman–Crippen LogP) is 4.01. The van der Waals surface area contributed by atoms with E-state index in [1.165, 1.54) is 10.5 Å². The summed E-state index contributed by atoms with van der Waals surface area (Å²) >= 11 is 1.89. The molecule has 0 bridgehead atoms. The standard InChI is InChI=1S/C17H18O2S/c1-12(18)14-6-2-4-8-16(14)19-10-13-11-20-17-9-5-3-7-15(13)17/h2-9,12-13,18H,10-11H2,1H3/t12-,13?/m1/s1. The van der Waals surface area contributed by atoms with Crippen molar-refractivity contribution in [3.63, 3.8) is 0 Å². The van der Waals surface area contributed by atoms with Crippen molar-refractivity contribution in [1.29, 1.82) is 0 Å². The summed E-state index contributed by atoms with van der Waals surface area (Å²) in [4.78, 5) is 1.37. The molecule has 0 aliphatic carbocycles. The molecule has 0 amide bonds. The quantitative estimate of drug-likeness (QED) is 0.921. The Morgan fingerprint density at radius 1 is 1.20 bits per heavy atom. The van der Waals surface area contributed by atoms with Crippen molar-refractivity contribution in [2.45, 2.75) is 23.8 Å². The van der Waals surface area contributed by atoms with Gasteiger partial charge in [-0.3, -0.25) is 0 Å². The van der Waals surface area contributed by atoms with Crippen molar-refractivity contribution in [3.05, 3.63) is 59.7 Å². The van der Waals surface area contributed by atoms with Crippen LogP contribution in [0.15, 0.2) is 53.4 Å². The molecule has 3 heteroatoms. The molecule has 2 aromatic rings. The first-order chi connectivity index (χ1) is 9.75. The highest BCUT2D eigenvalue weighted by Gasteiger charge is 2.23. The lowest BCUT2D eigenvalue weighted by Crippen LogP contribution is -2.11. The van der Waals surface area contributed by atoms with Crippen molar-refractivity contribution < 1.29 is 9.84 Å². The first-order valence-corrected chi connectivity index (χ1v) is 7.86. The SMILES string of the molecule is C[C@@H](O)c1ccccc1OCC1CSc2ccccc21. The lowest BCUT2D eigenvalue weighted by atomic mass is 10.0. The zero-order chi connectivity index (χ0) is 13.9. The molecule has 1 heterocycles. The van der Waals surface area contributed by atoms with Crippen molar-refractivity contribution in [3.8, 4) is 5.75 Å². The van der Waals surface area contributed by atoms with E-state index in [1.807, 2.05) is 36.0 Å². The van der Waals surface area contributed by atoms with Crippen molar-refractivity contribution in [2.24, 2.45) is 0 Å². The van der Waals surface area contributed by atoms with Crippen molar-refractivity contribution in [2.75, 3.05) is 12.4 Å². The third-order valence-electron chi connectivity index (χ3n) is 3.61. The summed E-state index contributed by atoms with van der Waals surface area (Å²) < 4.78 is 5.97. The summed E-state index contributed by atoms with van der Waals surface area (Å²) in [5.41, 5.74) is 2.23. The average Bonchev–Trinajstić information content (AvgIpc) is 2.88. The van der Waals surface area contributed by atoms with Crippen LogP contribution in [-0.2, 0) is 0 Å². The predicted molar refractivity (Wildman–Crippen MR) is 82.5 cm³/mol. The van der Waals surface area contributed by atoms with Crippen LogP contribution in [0.1, 0.15) is 30.1 Å².